The first-order valence-electron chi connectivity index (χ1n) is 3.38. The summed E-state index contributed by atoms with van der Waals surface area (Å²) in [6.07, 6.45) is -0.649. The maximum Gasteiger partial charge on any atom is 0.0926 e. The molecule has 0 fully saturated rings. The van der Waals surface area contributed by atoms with E-state index in [9.17, 15) is 5.11 Å². The molecule has 3 heteroatoms. The number of hydrogen-bond donors (Lipinski definition) is 2. The zero-order chi connectivity index (χ0) is 8.27. The number of nitrogens with two attached hydrogens (primary N) is 1. The minimum absolute atomic E-state index is 0.198. The molecule has 0 aliphatic carbocycles. The average molecular weight is 172 g/mol. The second kappa shape index (κ2) is 3.72. The van der Waals surface area contributed by atoms with Crippen LogP contribution in [-0.2, 0) is 0 Å². The predicted molar refractivity (Wildman–Crippen MR) is 45.5 cm³/mol. The summed E-state index contributed by atoms with van der Waals surface area (Å²) in [6, 6.07) is 7.13. The van der Waals surface area contributed by atoms with Gasteiger partial charge >= 0.3 is 0 Å². The second-order valence-electron chi connectivity index (χ2n) is 2.27. The molecule has 1 rings (SSSR count). The molecule has 0 bridgehead atoms. The van der Waals surface area contributed by atoms with Crippen LogP contribution in [0.2, 0.25) is 5.02 Å². The molecule has 0 unspecified atom stereocenters. The Labute approximate surface area is 70.6 Å². The average Bonchev–Trinajstić information content (AvgIpc) is 2.04. The third-order valence-electron chi connectivity index (χ3n) is 1.49. The molecular formula is C8H10ClNO. The fourth-order valence-corrected chi connectivity index (χ4v) is 1.13. The van der Waals surface area contributed by atoms with Gasteiger partial charge in [-0.1, -0.05) is 29.8 Å². The monoisotopic (exact) mass is 171 g/mol. The minimum atomic E-state index is -0.649. The van der Waals surface area contributed by atoms with Crippen molar-refractivity contribution >= 4 is 11.6 Å². The number of rotatable bonds is 2. The van der Waals surface area contributed by atoms with E-state index in [-0.39, 0.29) is 6.54 Å². The quantitative estimate of drug-likeness (QED) is 0.706. The Morgan fingerprint density at radius 2 is 2.09 bits per heavy atom. The second-order valence-corrected chi connectivity index (χ2v) is 2.68. The maximum atomic E-state index is 9.30. The fourth-order valence-electron chi connectivity index (χ4n) is 0.872. The fraction of sp³-hybridized carbons (Fsp3) is 0.250. The van der Waals surface area contributed by atoms with Crippen molar-refractivity contribution in [2.24, 2.45) is 5.73 Å². The van der Waals surface area contributed by atoms with Crippen molar-refractivity contribution in [1.29, 1.82) is 0 Å². The van der Waals surface area contributed by atoms with Crippen LogP contribution in [0, 0.1) is 0 Å². The third kappa shape index (κ3) is 1.93. The van der Waals surface area contributed by atoms with Crippen LogP contribution in [0.5, 0.6) is 0 Å². The zero-order valence-corrected chi connectivity index (χ0v) is 6.75. The van der Waals surface area contributed by atoms with Crippen molar-refractivity contribution in [2.75, 3.05) is 6.54 Å². The van der Waals surface area contributed by atoms with Gasteiger partial charge in [0.05, 0.1) is 6.10 Å². The van der Waals surface area contributed by atoms with Crippen LogP contribution in [0.3, 0.4) is 0 Å². The number of aliphatic hydroxyl groups excluding tert-OH is 1. The first kappa shape index (κ1) is 8.53. The molecule has 0 radical (unpaired) electrons. The van der Waals surface area contributed by atoms with Crippen molar-refractivity contribution in [3.8, 4) is 0 Å². The third-order valence-corrected chi connectivity index (χ3v) is 1.83. The van der Waals surface area contributed by atoms with Crippen molar-refractivity contribution in [3.63, 3.8) is 0 Å². The molecule has 3 N–H and O–H groups in total. The molecule has 0 spiro atoms. The molecule has 0 heterocycles. The van der Waals surface area contributed by atoms with E-state index < -0.39 is 6.10 Å². The lowest BCUT2D eigenvalue weighted by Crippen LogP contribution is -2.11. The molecule has 11 heavy (non-hydrogen) atoms. The molecule has 1 aromatic carbocycles. The van der Waals surface area contributed by atoms with Gasteiger partial charge in [0, 0.05) is 17.1 Å². The first-order chi connectivity index (χ1) is 5.25. The van der Waals surface area contributed by atoms with Gasteiger partial charge in [0.15, 0.2) is 0 Å². The van der Waals surface area contributed by atoms with Crippen LogP contribution in [0.1, 0.15) is 11.7 Å². The van der Waals surface area contributed by atoms with Gasteiger partial charge in [-0.15, -0.1) is 0 Å². The number of halogens is 1. The summed E-state index contributed by atoms with van der Waals surface area (Å²) in [5.74, 6) is 0. The van der Waals surface area contributed by atoms with Gasteiger partial charge in [0.1, 0.15) is 0 Å². The smallest absolute Gasteiger partial charge is 0.0926 e. The van der Waals surface area contributed by atoms with Crippen LogP contribution >= 0.6 is 11.6 Å². The lowest BCUT2D eigenvalue weighted by molar-refractivity contribution is 0.187. The van der Waals surface area contributed by atoms with E-state index in [1.54, 1.807) is 12.1 Å². The van der Waals surface area contributed by atoms with Gasteiger partial charge < -0.3 is 10.8 Å². The van der Waals surface area contributed by atoms with Crippen LogP contribution in [-0.4, -0.2) is 11.7 Å². The lowest BCUT2D eigenvalue weighted by Gasteiger charge is -2.08. The normalized spacial score (nSPS) is 13.0. The van der Waals surface area contributed by atoms with Gasteiger partial charge in [0.25, 0.3) is 0 Å². The summed E-state index contributed by atoms with van der Waals surface area (Å²) in [4.78, 5) is 0. The van der Waals surface area contributed by atoms with E-state index >= 15 is 0 Å². The molecule has 0 aliphatic heterocycles. The Balaban J connectivity index is 2.93. The van der Waals surface area contributed by atoms with Crippen LogP contribution in [0.25, 0.3) is 0 Å². The SMILES string of the molecule is NC[C@@H](O)c1ccccc1Cl. The highest BCUT2D eigenvalue weighted by Crippen LogP contribution is 2.21. The van der Waals surface area contributed by atoms with Crippen LogP contribution in [0.4, 0.5) is 0 Å². The van der Waals surface area contributed by atoms with E-state index in [0.29, 0.717) is 10.6 Å². The zero-order valence-electron chi connectivity index (χ0n) is 6.00. The van der Waals surface area contributed by atoms with Crippen LogP contribution < -0.4 is 5.73 Å². The number of aliphatic hydroxyl groups is 1. The molecule has 1 aromatic rings. The summed E-state index contributed by atoms with van der Waals surface area (Å²) < 4.78 is 0. The van der Waals surface area contributed by atoms with E-state index in [4.69, 9.17) is 17.3 Å². The molecule has 0 aliphatic rings. The van der Waals surface area contributed by atoms with Gasteiger partial charge in [-0.2, -0.15) is 0 Å². The van der Waals surface area contributed by atoms with Gasteiger partial charge in [-0.05, 0) is 6.07 Å². The van der Waals surface area contributed by atoms with Gasteiger partial charge in [-0.25, -0.2) is 0 Å². The summed E-state index contributed by atoms with van der Waals surface area (Å²) in [7, 11) is 0. The molecule has 0 amide bonds. The molecule has 0 aromatic heterocycles. The van der Waals surface area contributed by atoms with Crippen molar-refractivity contribution in [1.82, 2.24) is 0 Å². The maximum absolute atomic E-state index is 9.30. The van der Waals surface area contributed by atoms with E-state index in [1.807, 2.05) is 12.1 Å². The standard InChI is InChI=1S/C8H10ClNO/c9-7-4-2-1-3-6(7)8(11)5-10/h1-4,8,11H,5,10H2/t8-/m1/s1. The molecule has 0 saturated carbocycles. The van der Waals surface area contributed by atoms with Crippen molar-refractivity contribution in [2.45, 2.75) is 6.10 Å². The summed E-state index contributed by atoms with van der Waals surface area (Å²) in [5.41, 5.74) is 5.96. The van der Waals surface area contributed by atoms with Crippen molar-refractivity contribution in [3.05, 3.63) is 34.9 Å². The molecule has 60 valence electrons. The summed E-state index contributed by atoms with van der Waals surface area (Å²) in [6.45, 7) is 0.198. The highest BCUT2D eigenvalue weighted by atomic mass is 35.5. The molecule has 0 saturated heterocycles. The van der Waals surface area contributed by atoms with E-state index in [0.717, 1.165) is 0 Å². The topological polar surface area (TPSA) is 46.2 Å². The highest BCUT2D eigenvalue weighted by molar-refractivity contribution is 6.31. The predicted octanol–water partition coefficient (Wildman–Crippen LogP) is 1.33. The Kier molecular flexibility index (Phi) is 2.88. The Morgan fingerprint density at radius 1 is 1.45 bits per heavy atom. The van der Waals surface area contributed by atoms with E-state index in [1.165, 1.54) is 0 Å². The first-order valence-corrected chi connectivity index (χ1v) is 3.76. The minimum Gasteiger partial charge on any atom is -0.387 e. The lowest BCUT2D eigenvalue weighted by atomic mass is 10.1. The highest BCUT2D eigenvalue weighted by Gasteiger charge is 2.07. The Hall–Kier alpha value is -0.570. The molecule has 1 atom stereocenters. The van der Waals surface area contributed by atoms with Crippen LogP contribution in [0.15, 0.2) is 24.3 Å². The van der Waals surface area contributed by atoms with Gasteiger partial charge in [-0.3, -0.25) is 0 Å². The largest absolute Gasteiger partial charge is 0.387 e. The van der Waals surface area contributed by atoms with Gasteiger partial charge in [0.2, 0.25) is 0 Å². The Bertz CT molecular complexity index is 239. The summed E-state index contributed by atoms with van der Waals surface area (Å²) >= 11 is 5.78. The molecule has 2 nitrogen and oxygen atoms in total. The molecular weight excluding hydrogens is 162 g/mol. The van der Waals surface area contributed by atoms with E-state index in [2.05, 4.69) is 0 Å². The summed E-state index contributed by atoms with van der Waals surface area (Å²) in [5, 5.41) is 9.86. The number of hydrogen-bond acceptors (Lipinski definition) is 2. The number of benzene rings is 1. The van der Waals surface area contributed by atoms with Crippen molar-refractivity contribution < 1.29 is 5.11 Å². The Morgan fingerprint density at radius 3 is 2.64 bits per heavy atom.